The molecular formula is C13H14BrN3O2. The van der Waals surface area contributed by atoms with Gasteiger partial charge in [-0.1, -0.05) is 22.0 Å². The van der Waals surface area contributed by atoms with Crippen molar-refractivity contribution in [1.82, 2.24) is 5.32 Å². The minimum absolute atomic E-state index is 0.330. The van der Waals surface area contributed by atoms with Crippen LogP contribution in [0.15, 0.2) is 28.7 Å². The van der Waals surface area contributed by atoms with Gasteiger partial charge in [0.1, 0.15) is 6.04 Å². The van der Waals surface area contributed by atoms with Crippen molar-refractivity contribution >= 4 is 27.7 Å². The molecule has 6 heteroatoms. The molecule has 1 atom stereocenters. The summed E-state index contributed by atoms with van der Waals surface area (Å²) < 4.78 is 0.778. The molecule has 0 aliphatic rings. The van der Waals surface area contributed by atoms with Crippen molar-refractivity contribution in [2.75, 3.05) is 0 Å². The molecule has 0 aliphatic carbocycles. The zero-order chi connectivity index (χ0) is 14.3. The number of nitriles is 1. The predicted octanol–water partition coefficient (Wildman–Crippen LogP) is 1.73. The highest BCUT2D eigenvalue weighted by Crippen LogP contribution is 2.12. The van der Waals surface area contributed by atoms with Gasteiger partial charge in [0.15, 0.2) is 0 Å². The largest absolute Gasteiger partial charge is 0.368 e. The van der Waals surface area contributed by atoms with E-state index in [1.807, 2.05) is 6.07 Å². The standard InChI is InChI=1S/C13H14BrN3O2/c14-10-5-3-4-9(8-10)13(19)17-11(12(16)18)6-1-2-7-15/h3-5,8,11H,1-2,6H2,(H2,16,18)(H,17,19)/t11-/m0/s1. The third-order valence-electron chi connectivity index (χ3n) is 2.52. The molecule has 0 aliphatic heterocycles. The van der Waals surface area contributed by atoms with Gasteiger partial charge in [-0.05, 0) is 31.0 Å². The molecule has 2 amide bonds. The van der Waals surface area contributed by atoms with Crippen LogP contribution in [0.4, 0.5) is 0 Å². The number of carbonyl (C=O) groups is 2. The van der Waals surface area contributed by atoms with Crippen LogP contribution in [0, 0.1) is 11.3 Å². The molecule has 0 heterocycles. The van der Waals surface area contributed by atoms with Gasteiger partial charge in [-0.3, -0.25) is 9.59 Å². The normalized spacial score (nSPS) is 11.4. The average Bonchev–Trinajstić information content (AvgIpc) is 2.37. The fraction of sp³-hybridized carbons (Fsp3) is 0.308. The minimum atomic E-state index is -0.750. The summed E-state index contributed by atoms with van der Waals surface area (Å²) in [6.07, 6.45) is 1.21. The van der Waals surface area contributed by atoms with Crippen LogP contribution in [-0.4, -0.2) is 17.9 Å². The first-order chi connectivity index (χ1) is 9.04. The molecular weight excluding hydrogens is 310 g/mol. The fourth-order valence-electron chi connectivity index (χ4n) is 1.54. The molecule has 100 valence electrons. The molecule has 0 saturated heterocycles. The van der Waals surface area contributed by atoms with Crippen molar-refractivity contribution in [1.29, 1.82) is 5.26 Å². The van der Waals surface area contributed by atoms with Gasteiger partial charge in [0.25, 0.3) is 5.91 Å². The lowest BCUT2D eigenvalue weighted by molar-refractivity contribution is -0.120. The van der Waals surface area contributed by atoms with Crippen LogP contribution < -0.4 is 11.1 Å². The number of nitrogens with two attached hydrogens (primary N) is 1. The van der Waals surface area contributed by atoms with Gasteiger partial charge in [-0.2, -0.15) is 5.26 Å². The maximum Gasteiger partial charge on any atom is 0.251 e. The van der Waals surface area contributed by atoms with Gasteiger partial charge < -0.3 is 11.1 Å². The van der Waals surface area contributed by atoms with Crippen molar-refractivity contribution in [3.8, 4) is 6.07 Å². The molecule has 1 rings (SSSR count). The van der Waals surface area contributed by atoms with E-state index in [2.05, 4.69) is 21.2 Å². The van der Waals surface area contributed by atoms with E-state index < -0.39 is 11.9 Å². The maximum atomic E-state index is 11.9. The Morgan fingerprint density at radius 3 is 2.79 bits per heavy atom. The number of nitrogens with zero attached hydrogens (tertiary/aromatic N) is 1. The van der Waals surface area contributed by atoms with Crippen LogP contribution in [-0.2, 0) is 4.79 Å². The van der Waals surface area contributed by atoms with E-state index in [1.165, 1.54) is 0 Å². The summed E-state index contributed by atoms with van der Waals surface area (Å²) >= 11 is 3.27. The summed E-state index contributed by atoms with van der Waals surface area (Å²) in [7, 11) is 0. The lowest BCUT2D eigenvalue weighted by Gasteiger charge is -2.14. The van der Waals surface area contributed by atoms with E-state index in [-0.39, 0.29) is 5.91 Å². The van der Waals surface area contributed by atoms with Gasteiger partial charge in [0, 0.05) is 16.5 Å². The first kappa shape index (κ1) is 15.2. The number of rotatable bonds is 6. The Labute approximate surface area is 119 Å². The Balaban J connectivity index is 2.66. The van der Waals surface area contributed by atoms with E-state index in [0.29, 0.717) is 24.8 Å². The topological polar surface area (TPSA) is 96.0 Å². The van der Waals surface area contributed by atoms with E-state index in [9.17, 15) is 9.59 Å². The molecule has 3 N–H and O–H groups in total. The van der Waals surface area contributed by atoms with Crippen molar-refractivity contribution in [2.45, 2.75) is 25.3 Å². The first-order valence-corrected chi connectivity index (χ1v) is 6.56. The number of nitrogens with one attached hydrogen (secondary N) is 1. The Morgan fingerprint density at radius 2 is 2.21 bits per heavy atom. The molecule has 0 unspecified atom stereocenters. The Kier molecular flexibility index (Phi) is 6.03. The number of halogens is 1. The second-order valence-electron chi connectivity index (χ2n) is 3.99. The Morgan fingerprint density at radius 1 is 1.47 bits per heavy atom. The van der Waals surface area contributed by atoms with E-state index >= 15 is 0 Å². The van der Waals surface area contributed by atoms with Crippen LogP contribution in [0.2, 0.25) is 0 Å². The number of benzene rings is 1. The van der Waals surface area contributed by atoms with E-state index in [4.69, 9.17) is 11.0 Å². The van der Waals surface area contributed by atoms with Crippen LogP contribution in [0.5, 0.6) is 0 Å². The van der Waals surface area contributed by atoms with Gasteiger partial charge in [-0.15, -0.1) is 0 Å². The van der Waals surface area contributed by atoms with Gasteiger partial charge in [0.2, 0.25) is 5.91 Å². The number of primary amides is 1. The number of unbranched alkanes of at least 4 members (excludes halogenated alkanes) is 1. The summed E-state index contributed by atoms with van der Waals surface area (Å²) in [4.78, 5) is 23.2. The summed E-state index contributed by atoms with van der Waals surface area (Å²) in [5.74, 6) is -0.955. The van der Waals surface area contributed by atoms with E-state index in [0.717, 1.165) is 4.47 Å². The van der Waals surface area contributed by atoms with Gasteiger partial charge in [0.05, 0.1) is 6.07 Å². The van der Waals surface area contributed by atoms with Crippen molar-refractivity contribution in [2.24, 2.45) is 5.73 Å². The molecule has 0 aromatic heterocycles. The molecule has 0 bridgehead atoms. The zero-order valence-corrected chi connectivity index (χ0v) is 11.8. The first-order valence-electron chi connectivity index (χ1n) is 5.77. The number of hydrogen-bond acceptors (Lipinski definition) is 3. The van der Waals surface area contributed by atoms with Crippen LogP contribution in [0.3, 0.4) is 0 Å². The van der Waals surface area contributed by atoms with Crippen molar-refractivity contribution < 1.29 is 9.59 Å². The SMILES string of the molecule is N#CCCC[C@H](NC(=O)c1cccc(Br)c1)C(N)=O. The van der Waals surface area contributed by atoms with Gasteiger partial charge >= 0.3 is 0 Å². The molecule has 1 aromatic carbocycles. The monoisotopic (exact) mass is 323 g/mol. The minimum Gasteiger partial charge on any atom is -0.368 e. The van der Waals surface area contributed by atoms with Crippen molar-refractivity contribution in [3.63, 3.8) is 0 Å². The number of carbonyl (C=O) groups excluding carboxylic acids is 2. The van der Waals surface area contributed by atoms with Crippen LogP contribution in [0.25, 0.3) is 0 Å². The number of amides is 2. The van der Waals surface area contributed by atoms with Gasteiger partial charge in [-0.25, -0.2) is 0 Å². The molecule has 0 radical (unpaired) electrons. The second-order valence-corrected chi connectivity index (χ2v) is 4.90. The fourth-order valence-corrected chi connectivity index (χ4v) is 1.94. The summed E-state index contributed by atoms with van der Waals surface area (Å²) in [6, 6.07) is 8.07. The quantitative estimate of drug-likeness (QED) is 0.780. The maximum absolute atomic E-state index is 11.9. The lowest BCUT2D eigenvalue weighted by atomic mass is 10.1. The third-order valence-corrected chi connectivity index (χ3v) is 3.01. The molecule has 0 saturated carbocycles. The second kappa shape index (κ2) is 7.54. The summed E-state index contributed by atoms with van der Waals surface area (Å²) in [5.41, 5.74) is 5.67. The lowest BCUT2D eigenvalue weighted by Crippen LogP contribution is -2.44. The zero-order valence-electron chi connectivity index (χ0n) is 10.2. The average molecular weight is 324 g/mol. The molecule has 19 heavy (non-hydrogen) atoms. The molecule has 1 aromatic rings. The molecule has 0 spiro atoms. The van der Waals surface area contributed by atoms with Crippen molar-refractivity contribution in [3.05, 3.63) is 34.3 Å². The van der Waals surface area contributed by atoms with Crippen LogP contribution >= 0.6 is 15.9 Å². The highest BCUT2D eigenvalue weighted by molar-refractivity contribution is 9.10. The Hall–Kier alpha value is -1.87. The smallest absolute Gasteiger partial charge is 0.251 e. The number of hydrogen-bond donors (Lipinski definition) is 2. The highest BCUT2D eigenvalue weighted by atomic mass is 79.9. The third kappa shape index (κ3) is 5.10. The molecule has 0 fully saturated rings. The van der Waals surface area contributed by atoms with Crippen LogP contribution in [0.1, 0.15) is 29.6 Å². The summed E-state index contributed by atoms with van der Waals surface area (Å²) in [5, 5.41) is 11.0. The predicted molar refractivity (Wildman–Crippen MR) is 74.1 cm³/mol. The highest BCUT2D eigenvalue weighted by Gasteiger charge is 2.18. The molecule has 5 nitrogen and oxygen atoms in total. The summed E-state index contributed by atoms with van der Waals surface area (Å²) in [6.45, 7) is 0. The van der Waals surface area contributed by atoms with E-state index in [1.54, 1.807) is 24.3 Å². The Bertz CT molecular complexity index is 511.